The van der Waals surface area contributed by atoms with E-state index in [-0.39, 0.29) is 37.1 Å². The van der Waals surface area contributed by atoms with E-state index in [0.29, 0.717) is 6.04 Å². The zero-order valence-corrected chi connectivity index (χ0v) is 11.9. The van der Waals surface area contributed by atoms with Crippen LogP contribution in [-0.4, -0.2) is 37.1 Å². The van der Waals surface area contributed by atoms with Gasteiger partial charge < -0.3 is 4.74 Å². The van der Waals surface area contributed by atoms with Gasteiger partial charge in [0, 0.05) is 18.0 Å². The Hall–Kier alpha value is -1.42. The van der Waals surface area contributed by atoms with Crippen molar-refractivity contribution in [1.82, 2.24) is 4.90 Å². The van der Waals surface area contributed by atoms with E-state index >= 15 is 0 Å². The molecular weight excluding hydrogens is 269 g/mol. The molecule has 2 bridgehead atoms. The summed E-state index contributed by atoms with van der Waals surface area (Å²) in [6.07, 6.45) is 3.11. The summed E-state index contributed by atoms with van der Waals surface area (Å²) < 4.78 is 18.1. The predicted octanol–water partition coefficient (Wildman–Crippen LogP) is 3.20. The lowest BCUT2D eigenvalue weighted by molar-refractivity contribution is -0.150. The van der Waals surface area contributed by atoms with Gasteiger partial charge in [-0.3, -0.25) is 9.69 Å². The number of carbonyl (C=O) groups is 1. The molecule has 0 radical (unpaired) electrons. The molecule has 2 aliphatic heterocycles. The molecule has 4 unspecified atom stereocenters. The van der Waals surface area contributed by atoms with Gasteiger partial charge >= 0.3 is 5.97 Å². The van der Waals surface area contributed by atoms with Gasteiger partial charge in [-0.1, -0.05) is 19.6 Å². The van der Waals surface area contributed by atoms with Crippen molar-refractivity contribution in [3.05, 3.63) is 35.6 Å². The highest BCUT2D eigenvalue weighted by Gasteiger charge is 2.49. The maximum atomic E-state index is 13.1. The van der Waals surface area contributed by atoms with Crippen LogP contribution in [0.3, 0.4) is 0 Å². The van der Waals surface area contributed by atoms with E-state index in [1.54, 1.807) is 12.1 Å². The van der Waals surface area contributed by atoms with E-state index < -0.39 is 0 Å². The molecule has 3 rings (SSSR count). The number of piperidine rings is 1. The van der Waals surface area contributed by atoms with Crippen molar-refractivity contribution in [1.29, 1.82) is 0 Å². The van der Waals surface area contributed by atoms with E-state index in [9.17, 15) is 9.18 Å². The Labute approximate surface area is 126 Å². The van der Waals surface area contributed by atoms with Crippen molar-refractivity contribution in [3.8, 4) is 0 Å². The molecule has 0 saturated carbocycles. The molecule has 3 nitrogen and oxygen atoms in total. The van der Waals surface area contributed by atoms with Crippen LogP contribution in [0, 0.1) is 11.7 Å². The van der Waals surface area contributed by atoms with Gasteiger partial charge in [0.05, 0.1) is 13.0 Å². The summed E-state index contributed by atoms with van der Waals surface area (Å²) in [4.78, 5) is 14.5. The smallest absolute Gasteiger partial charge is 0.310 e. The fourth-order valence-corrected chi connectivity index (χ4v) is 3.98. The Morgan fingerprint density at radius 2 is 1.95 bits per heavy atom. The number of halogens is 1. The van der Waals surface area contributed by atoms with Crippen LogP contribution < -0.4 is 0 Å². The van der Waals surface area contributed by atoms with Gasteiger partial charge in [0.1, 0.15) is 5.82 Å². The molecule has 2 saturated heterocycles. The second-order valence-corrected chi connectivity index (χ2v) is 5.91. The number of benzene rings is 1. The molecule has 0 aliphatic carbocycles. The van der Waals surface area contributed by atoms with Gasteiger partial charge in [-0.15, -0.1) is 0 Å². The Morgan fingerprint density at radius 3 is 2.57 bits per heavy atom. The highest BCUT2D eigenvalue weighted by atomic mass is 19.1. The summed E-state index contributed by atoms with van der Waals surface area (Å²) in [7, 11) is 3.55. The summed E-state index contributed by atoms with van der Waals surface area (Å²) in [5.41, 5.74) is 1.05. The zero-order valence-electron chi connectivity index (χ0n) is 11.9. The van der Waals surface area contributed by atoms with Gasteiger partial charge in [0.15, 0.2) is 0 Å². The number of esters is 1. The van der Waals surface area contributed by atoms with Crippen LogP contribution in [-0.2, 0) is 9.53 Å². The van der Waals surface area contributed by atoms with E-state index in [1.807, 2.05) is 0 Å². The van der Waals surface area contributed by atoms with Gasteiger partial charge in [0.2, 0.25) is 0 Å². The van der Waals surface area contributed by atoms with Gasteiger partial charge in [0.25, 0.3) is 0 Å². The second-order valence-electron chi connectivity index (χ2n) is 5.91. The van der Waals surface area contributed by atoms with E-state index in [0.717, 1.165) is 24.8 Å². The fraction of sp³-hybridized carbons (Fsp3) is 0.588. The van der Waals surface area contributed by atoms with Crippen LogP contribution >= 0.6 is 0 Å². The quantitative estimate of drug-likeness (QED) is 0.784. The first kappa shape index (κ1) is 16.0. The topological polar surface area (TPSA) is 29.5 Å². The number of carbonyl (C=O) groups excluding carboxylic acids is 1. The van der Waals surface area contributed by atoms with Crippen molar-refractivity contribution in [2.45, 2.75) is 44.7 Å². The summed E-state index contributed by atoms with van der Waals surface area (Å²) >= 11 is 0. The van der Waals surface area contributed by atoms with Crippen molar-refractivity contribution >= 4 is 5.97 Å². The molecule has 0 amide bonds. The minimum atomic E-state index is -0.237. The lowest BCUT2D eigenvalue weighted by Crippen LogP contribution is -2.49. The zero-order chi connectivity index (χ0) is 14.3. The summed E-state index contributed by atoms with van der Waals surface area (Å²) in [6, 6.07) is 7.34. The number of fused-ring (bicyclic) bond motifs is 2. The number of rotatable bonds is 2. The van der Waals surface area contributed by atoms with Crippen LogP contribution in [0.1, 0.15) is 38.2 Å². The van der Waals surface area contributed by atoms with E-state index in [2.05, 4.69) is 11.9 Å². The van der Waals surface area contributed by atoms with Gasteiger partial charge in [-0.25, -0.2) is 4.39 Å². The number of hydrogen-bond donors (Lipinski definition) is 0. The highest BCUT2D eigenvalue weighted by molar-refractivity contribution is 5.75. The minimum Gasteiger partial charge on any atom is -0.469 e. The normalized spacial score (nSPS) is 31.6. The summed E-state index contributed by atoms with van der Waals surface area (Å²) in [5.74, 6) is -0.387. The third-order valence-corrected chi connectivity index (χ3v) is 5.04. The monoisotopic (exact) mass is 293 g/mol. The lowest BCUT2D eigenvalue weighted by Gasteiger charge is -2.41. The SMILES string of the molecule is C.COC(=O)C1C(c2ccc(F)cc2)CC2CCC1N2C. The molecule has 2 heterocycles. The molecule has 1 aromatic rings. The fourth-order valence-electron chi connectivity index (χ4n) is 3.98. The molecule has 0 spiro atoms. The first-order valence-corrected chi connectivity index (χ1v) is 7.17. The molecule has 0 N–H and O–H groups in total. The first-order valence-electron chi connectivity index (χ1n) is 7.17. The highest BCUT2D eigenvalue weighted by Crippen LogP contribution is 2.46. The Kier molecular flexibility index (Phi) is 4.67. The number of nitrogens with zero attached hydrogens (tertiary/aromatic N) is 1. The van der Waals surface area contributed by atoms with Crippen molar-refractivity contribution in [2.75, 3.05) is 14.2 Å². The van der Waals surface area contributed by atoms with Crippen LogP contribution in [0.25, 0.3) is 0 Å². The molecule has 116 valence electrons. The Balaban J connectivity index is 0.00000161. The van der Waals surface area contributed by atoms with Crippen LogP contribution in [0.5, 0.6) is 0 Å². The maximum Gasteiger partial charge on any atom is 0.310 e. The first-order chi connectivity index (χ1) is 9.61. The van der Waals surface area contributed by atoms with Crippen molar-refractivity contribution in [2.24, 2.45) is 5.92 Å². The van der Waals surface area contributed by atoms with E-state index in [4.69, 9.17) is 4.74 Å². The third-order valence-electron chi connectivity index (χ3n) is 5.04. The molecule has 1 aromatic carbocycles. The number of methoxy groups -OCH3 is 1. The number of hydrogen-bond acceptors (Lipinski definition) is 3. The molecule has 4 heteroatoms. The predicted molar refractivity (Wildman–Crippen MR) is 80.6 cm³/mol. The average molecular weight is 293 g/mol. The third kappa shape index (κ3) is 2.69. The van der Waals surface area contributed by atoms with Gasteiger partial charge in [-0.05, 0) is 44.0 Å². The molecule has 0 aromatic heterocycles. The van der Waals surface area contributed by atoms with Crippen LogP contribution in [0.15, 0.2) is 24.3 Å². The molecule has 2 aliphatic rings. The van der Waals surface area contributed by atoms with Crippen molar-refractivity contribution < 1.29 is 13.9 Å². The van der Waals surface area contributed by atoms with Crippen LogP contribution in [0.4, 0.5) is 4.39 Å². The second kappa shape index (κ2) is 6.14. The standard InChI is InChI=1S/C16H20FNO2.CH4/c1-18-12-7-8-14(18)15(16(19)20-2)13(9-12)10-3-5-11(17)6-4-10;/h3-6,12-15H,7-9H2,1-2H3;1H4. The Morgan fingerprint density at radius 1 is 1.29 bits per heavy atom. The molecule has 21 heavy (non-hydrogen) atoms. The largest absolute Gasteiger partial charge is 0.469 e. The lowest BCUT2D eigenvalue weighted by atomic mass is 9.76. The average Bonchev–Trinajstić information content (AvgIpc) is 2.70. The summed E-state index contributed by atoms with van der Waals surface area (Å²) in [6.45, 7) is 0. The molecule has 4 atom stereocenters. The van der Waals surface area contributed by atoms with Crippen LogP contribution in [0.2, 0.25) is 0 Å². The molecular formula is C17H24FNO2. The number of ether oxygens (including phenoxy) is 1. The van der Waals surface area contributed by atoms with Crippen molar-refractivity contribution in [3.63, 3.8) is 0 Å². The van der Waals surface area contributed by atoms with Gasteiger partial charge in [-0.2, -0.15) is 0 Å². The summed E-state index contributed by atoms with van der Waals surface area (Å²) in [5, 5.41) is 0. The maximum absolute atomic E-state index is 13.1. The minimum absolute atomic E-state index is 0. The molecule has 2 fully saturated rings. The Bertz CT molecular complexity index is 502. The van der Waals surface area contributed by atoms with E-state index in [1.165, 1.54) is 19.2 Å².